The number of hydrogen-bond acceptors (Lipinski definition) is 5. The zero-order valence-corrected chi connectivity index (χ0v) is 17.6. The van der Waals surface area contributed by atoms with Gasteiger partial charge in [-0.1, -0.05) is 0 Å². The lowest BCUT2D eigenvalue weighted by molar-refractivity contribution is -0.135. The van der Waals surface area contributed by atoms with E-state index in [1.807, 2.05) is 52.1 Å². The van der Waals surface area contributed by atoms with Crippen LogP contribution in [0.4, 0.5) is 5.69 Å². The minimum atomic E-state index is -0.314. The van der Waals surface area contributed by atoms with Gasteiger partial charge in [-0.3, -0.25) is 14.7 Å². The molecule has 2 aromatic heterocycles. The smallest absolute Gasteiger partial charge is 0.276 e. The number of morpholine rings is 1. The molecule has 5 rings (SSSR count). The Morgan fingerprint density at radius 1 is 1.16 bits per heavy atom. The number of hydrogen-bond donors (Lipinski definition) is 2. The van der Waals surface area contributed by atoms with Gasteiger partial charge in [0.05, 0.1) is 25.8 Å². The molecule has 4 aromatic rings. The second kappa shape index (κ2) is 8.35. The largest absolute Gasteiger partial charge is 0.497 e. The molecule has 9 nitrogen and oxygen atoms in total. The molecule has 0 saturated carbocycles. The van der Waals surface area contributed by atoms with Gasteiger partial charge in [0.25, 0.3) is 5.91 Å². The predicted octanol–water partition coefficient (Wildman–Crippen LogP) is 2.64. The fraction of sp³-hybridized carbons (Fsp3) is 0.261. The molecule has 164 valence electrons. The van der Waals surface area contributed by atoms with Crippen LogP contribution in [-0.2, 0) is 16.1 Å². The van der Waals surface area contributed by atoms with Crippen molar-refractivity contribution in [1.29, 1.82) is 0 Å². The Balaban J connectivity index is 1.33. The van der Waals surface area contributed by atoms with Gasteiger partial charge in [0, 0.05) is 41.3 Å². The molecule has 0 radical (unpaired) electrons. The highest BCUT2D eigenvalue weighted by atomic mass is 16.5. The number of amides is 2. The van der Waals surface area contributed by atoms with Crippen molar-refractivity contribution in [3.05, 3.63) is 54.4 Å². The summed E-state index contributed by atoms with van der Waals surface area (Å²) in [4.78, 5) is 27.3. The van der Waals surface area contributed by atoms with Crippen molar-refractivity contribution in [2.45, 2.75) is 6.54 Å². The van der Waals surface area contributed by atoms with Crippen LogP contribution in [0.1, 0.15) is 10.5 Å². The Kier molecular flexibility index (Phi) is 5.24. The third-order valence-corrected chi connectivity index (χ3v) is 5.68. The van der Waals surface area contributed by atoms with Crippen molar-refractivity contribution < 1.29 is 19.1 Å². The van der Waals surface area contributed by atoms with Crippen molar-refractivity contribution in [2.24, 2.45) is 0 Å². The highest BCUT2D eigenvalue weighted by Crippen LogP contribution is 2.24. The number of H-pyrrole nitrogens is 1. The van der Waals surface area contributed by atoms with Crippen LogP contribution in [0.5, 0.6) is 5.75 Å². The number of aromatic amines is 1. The third-order valence-electron chi connectivity index (χ3n) is 5.68. The zero-order chi connectivity index (χ0) is 22.1. The molecule has 0 spiro atoms. The normalized spacial score (nSPS) is 14.1. The summed E-state index contributed by atoms with van der Waals surface area (Å²) in [6, 6.07) is 13.0. The first-order valence-electron chi connectivity index (χ1n) is 10.4. The molecule has 2 N–H and O–H groups in total. The van der Waals surface area contributed by atoms with Crippen LogP contribution in [0.15, 0.2) is 48.7 Å². The number of benzene rings is 2. The Morgan fingerprint density at radius 3 is 2.81 bits per heavy atom. The van der Waals surface area contributed by atoms with Gasteiger partial charge in [-0.25, -0.2) is 0 Å². The molecule has 1 fully saturated rings. The molecular weight excluding hydrogens is 410 g/mol. The second-order valence-electron chi connectivity index (χ2n) is 7.65. The fourth-order valence-electron chi connectivity index (χ4n) is 3.96. The molecule has 1 aliphatic rings. The molecule has 0 atom stereocenters. The lowest BCUT2D eigenvalue weighted by atomic mass is 10.2. The Labute approximate surface area is 183 Å². The topological polar surface area (TPSA) is 101 Å². The molecule has 1 aliphatic heterocycles. The first kappa shape index (κ1) is 20.1. The van der Waals surface area contributed by atoms with Gasteiger partial charge < -0.3 is 24.3 Å². The summed E-state index contributed by atoms with van der Waals surface area (Å²) < 4.78 is 12.5. The van der Waals surface area contributed by atoms with E-state index in [1.165, 1.54) is 0 Å². The Bertz CT molecular complexity index is 1300. The standard InChI is InChI=1S/C23H23N5O4/c1-31-17-3-4-19-18(13-17)22(26-25-19)23(30)24-16-2-5-20-15(12-16)6-7-28(20)14-21(29)27-8-10-32-11-9-27/h2-7,12-13H,8-11,14H2,1H3,(H,24,30)(H,25,26). The minimum absolute atomic E-state index is 0.0732. The molecule has 9 heteroatoms. The maximum Gasteiger partial charge on any atom is 0.276 e. The van der Waals surface area contributed by atoms with Crippen LogP contribution in [0, 0.1) is 0 Å². The summed E-state index contributed by atoms with van der Waals surface area (Å²) in [7, 11) is 1.58. The summed E-state index contributed by atoms with van der Waals surface area (Å²) in [5.74, 6) is 0.414. The zero-order valence-electron chi connectivity index (χ0n) is 17.6. The number of methoxy groups -OCH3 is 1. The molecule has 32 heavy (non-hydrogen) atoms. The van der Waals surface area contributed by atoms with E-state index in [1.54, 1.807) is 13.2 Å². The van der Waals surface area contributed by atoms with Crippen LogP contribution in [0.3, 0.4) is 0 Å². The van der Waals surface area contributed by atoms with Crippen LogP contribution in [-0.4, -0.2) is 64.9 Å². The summed E-state index contributed by atoms with van der Waals surface area (Å²) in [5, 5.41) is 11.6. The highest BCUT2D eigenvalue weighted by Gasteiger charge is 2.18. The van der Waals surface area contributed by atoms with E-state index in [0.29, 0.717) is 48.8 Å². The number of rotatable bonds is 5. The van der Waals surface area contributed by atoms with Gasteiger partial charge >= 0.3 is 0 Å². The number of anilines is 1. The fourth-order valence-corrected chi connectivity index (χ4v) is 3.96. The lowest BCUT2D eigenvalue weighted by Crippen LogP contribution is -2.42. The first-order chi connectivity index (χ1) is 15.6. The number of fused-ring (bicyclic) bond motifs is 2. The molecular formula is C23H23N5O4. The number of carbonyl (C=O) groups excluding carboxylic acids is 2. The second-order valence-corrected chi connectivity index (χ2v) is 7.65. The van der Waals surface area contributed by atoms with E-state index >= 15 is 0 Å². The molecule has 0 aliphatic carbocycles. The maximum atomic E-state index is 12.9. The SMILES string of the molecule is COc1ccc2[nH]nc(C(=O)Nc3ccc4c(ccn4CC(=O)N4CCOCC4)c3)c2c1. The maximum absolute atomic E-state index is 12.9. The number of aromatic nitrogens is 3. The van der Waals surface area contributed by atoms with Gasteiger partial charge in [-0.15, -0.1) is 0 Å². The quantitative estimate of drug-likeness (QED) is 0.504. The number of nitrogens with one attached hydrogen (secondary N) is 2. The van der Waals surface area contributed by atoms with E-state index in [9.17, 15) is 9.59 Å². The van der Waals surface area contributed by atoms with Gasteiger partial charge in [0.15, 0.2) is 5.69 Å². The summed E-state index contributed by atoms with van der Waals surface area (Å²) in [6.45, 7) is 2.69. The van der Waals surface area contributed by atoms with E-state index in [4.69, 9.17) is 9.47 Å². The van der Waals surface area contributed by atoms with Gasteiger partial charge in [-0.05, 0) is 42.5 Å². The minimum Gasteiger partial charge on any atom is -0.497 e. The summed E-state index contributed by atoms with van der Waals surface area (Å²) >= 11 is 0. The Morgan fingerprint density at radius 2 is 2.00 bits per heavy atom. The molecule has 2 amide bonds. The third kappa shape index (κ3) is 3.78. The van der Waals surface area contributed by atoms with Crippen molar-refractivity contribution in [3.63, 3.8) is 0 Å². The summed E-state index contributed by atoms with van der Waals surface area (Å²) in [5.41, 5.74) is 2.64. The lowest BCUT2D eigenvalue weighted by Gasteiger charge is -2.27. The van der Waals surface area contributed by atoms with Crippen molar-refractivity contribution >= 4 is 39.3 Å². The molecule has 3 heterocycles. The van der Waals surface area contributed by atoms with Gasteiger partial charge in [-0.2, -0.15) is 5.10 Å². The number of carbonyl (C=O) groups is 2. The number of nitrogens with zero attached hydrogens (tertiary/aromatic N) is 3. The summed E-state index contributed by atoms with van der Waals surface area (Å²) in [6.07, 6.45) is 1.89. The van der Waals surface area contributed by atoms with Crippen molar-refractivity contribution in [1.82, 2.24) is 19.7 Å². The van der Waals surface area contributed by atoms with Crippen LogP contribution >= 0.6 is 0 Å². The molecule has 0 bridgehead atoms. The van der Waals surface area contributed by atoms with E-state index in [0.717, 1.165) is 16.4 Å². The van der Waals surface area contributed by atoms with E-state index < -0.39 is 0 Å². The van der Waals surface area contributed by atoms with Crippen molar-refractivity contribution in [2.75, 3.05) is 38.7 Å². The van der Waals surface area contributed by atoms with Crippen LogP contribution < -0.4 is 10.1 Å². The monoisotopic (exact) mass is 433 g/mol. The molecule has 1 saturated heterocycles. The first-order valence-corrected chi connectivity index (χ1v) is 10.4. The average molecular weight is 433 g/mol. The highest BCUT2D eigenvalue weighted by molar-refractivity contribution is 6.11. The van der Waals surface area contributed by atoms with E-state index in [-0.39, 0.29) is 18.4 Å². The van der Waals surface area contributed by atoms with Crippen LogP contribution in [0.25, 0.3) is 21.8 Å². The van der Waals surface area contributed by atoms with Gasteiger partial charge in [0.2, 0.25) is 5.91 Å². The predicted molar refractivity (Wildman–Crippen MR) is 120 cm³/mol. The number of ether oxygens (including phenoxy) is 2. The molecule has 0 unspecified atom stereocenters. The van der Waals surface area contributed by atoms with Crippen molar-refractivity contribution in [3.8, 4) is 5.75 Å². The van der Waals surface area contributed by atoms with Gasteiger partial charge in [0.1, 0.15) is 12.3 Å². The Hall–Kier alpha value is -3.85. The van der Waals surface area contributed by atoms with Crippen LogP contribution in [0.2, 0.25) is 0 Å². The van der Waals surface area contributed by atoms with E-state index in [2.05, 4.69) is 15.5 Å². The average Bonchev–Trinajstić information content (AvgIpc) is 3.43. The molecule has 2 aromatic carbocycles.